The van der Waals surface area contributed by atoms with E-state index in [1.54, 1.807) is 30.3 Å². The maximum atomic E-state index is 11.1. The summed E-state index contributed by atoms with van der Waals surface area (Å²) >= 11 is 0. The van der Waals surface area contributed by atoms with Gasteiger partial charge in [-0.15, -0.1) is 0 Å². The third-order valence-electron chi connectivity index (χ3n) is 3.10. The molecule has 5 heteroatoms. The summed E-state index contributed by atoms with van der Waals surface area (Å²) in [6.45, 7) is 0.225. The van der Waals surface area contributed by atoms with Gasteiger partial charge in [-0.25, -0.2) is 0 Å². The van der Waals surface area contributed by atoms with Crippen LogP contribution in [-0.2, 0) is 6.61 Å². The molecule has 0 aromatic heterocycles. The number of hydrogen-bond acceptors (Lipinski definition) is 5. The number of nitrogen functional groups attached to an aromatic ring is 1. The number of rotatable bonds is 6. The summed E-state index contributed by atoms with van der Waals surface area (Å²) in [6, 6.07) is 10.4. The fourth-order valence-corrected chi connectivity index (χ4v) is 1.97. The monoisotopic (exact) mass is 284 g/mol. The number of benzene rings is 2. The van der Waals surface area contributed by atoms with Crippen LogP contribution in [-0.4, -0.2) is 19.6 Å². The smallest absolute Gasteiger partial charge is 0.153 e. The van der Waals surface area contributed by atoms with Gasteiger partial charge in [0.05, 0.1) is 12.7 Å². The third kappa shape index (κ3) is 3.20. The van der Waals surface area contributed by atoms with Crippen molar-refractivity contribution in [1.82, 2.24) is 0 Å². The molecular weight excluding hydrogens is 268 g/mol. The van der Waals surface area contributed by atoms with Crippen molar-refractivity contribution in [3.05, 3.63) is 53.1 Å². The van der Waals surface area contributed by atoms with Gasteiger partial charge < -0.3 is 20.6 Å². The zero-order valence-corrected chi connectivity index (χ0v) is 11.6. The SMILES string of the molecule is COc1ccc(OCc2cccc(N)c2C=N)c(C=O)c1. The first-order valence-electron chi connectivity index (χ1n) is 6.33. The molecule has 0 spiro atoms. The van der Waals surface area contributed by atoms with Crippen molar-refractivity contribution >= 4 is 18.2 Å². The number of carbonyl (C=O) groups excluding carboxylic acids is 1. The van der Waals surface area contributed by atoms with Crippen LogP contribution in [0.15, 0.2) is 36.4 Å². The highest BCUT2D eigenvalue weighted by molar-refractivity contribution is 5.87. The van der Waals surface area contributed by atoms with Crippen LogP contribution >= 0.6 is 0 Å². The summed E-state index contributed by atoms with van der Waals surface area (Å²) in [7, 11) is 1.54. The van der Waals surface area contributed by atoms with E-state index in [1.165, 1.54) is 13.3 Å². The summed E-state index contributed by atoms with van der Waals surface area (Å²) in [6.07, 6.45) is 1.91. The minimum atomic E-state index is 0.225. The molecule has 0 atom stereocenters. The molecule has 2 aromatic carbocycles. The van der Waals surface area contributed by atoms with Crippen molar-refractivity contribution in [2.75, 3.05) is 12.8 Å². The Balaban J connectivity index is 2.22. The highest BCUT2D eigenvalue weighted by Crippen LogP contribution is 2.24. The van der Waals surface area contributed by atoms with Crippen molar-refractivity contribution in [3.63, 3.8) is 0 Å². The molecule has 2 rings (SSSR count). The third-order valence-corrected chi connectivity index (χ3v) is 3.10. The number of nitrogens with one attached hydrogen (secondary N) is 1. The highest BCUT2D eigenvalue weighted by Gasteiger charge is 2.08. The molecule has 108 valence electrons. The topological polar surface area (TPSA) is 85.4 Å². The van der Waals surface area contributed by atoms with Gasteiger partial charge in [-0.1, -0.05) is 12.1 Å². The average molecular weight is 284 g/mol. The summed E-state index contributed by atoms with van der Waals surface area (Å²) in [5, 5.41) is 7.41. The van der Waals surface area contributed by atoms with Crippen molar-refractivity contribution < 1.29 is 14.3 Å². The average Bonchev–Trinajstić information content (AvgIpc) is 2.52. The predicted molar refractivity (Wildman–Crippen MR) is 81.5 cm³/mol. The number of anilines is 1. The van der Waals surface area contributed by atoms with E-state index in [2.05, 4.69) is 0 Å². The van der Waals surface area contributed by atoms with Gasteiger partial charge in [0.15, 0.2) is 6.29 Å². The Morgan fingerprint density at radius 2 is 2.10 bits per heavy atom. The molecule has 3 N–H and O–H groups in total. The van der Waals surface area contributed by atoms with E-state index < -0.39 is 0 Å². The van der Waals surface area contributed by atoms with Gasteiger partial charge >= 0.3 is 0 Å². The molecule has 5 nitrogen and oxygen atoms in total. The van der Waals surface area contributed by atoms with Crippen LogP contribution in [0, 0.1) is 5.41 Å². The van der Waals surface area contributed by atoms with E-state index >= 15 is 0 Å². The molecule has 0 amide bonds. The number of methoxy groups -OCH3 is 1. The van der Waals surface area contributed by atoms with Crippen LogP contribution in [0.25, 0.3) is 0 Å². The maximum absolute atomic E-state index is 11.1. The van der Waals surface area contributed by atoms with Gasteiger partial charge in [0.1, 0.15) is 18.1 Å². The molecule has 0 heterocycles. The lowest BCUT2D eigenvalue weighted by atomic mass is 10.1. The Kier molecular flexibility index (Phi) is 4.56. The number of ether oxygens (including phenoxy) is 2. The van der Waals surface area contributed by atoms with Gasteiger partial charge in [-0.2, -0.15) is 0 Å². The maximum Gasteiger partial charge on any atom is 0.153 e. The zero-order chi connectivity index (χ0) is 15.2. The molecule has 0 saturated carbocycles. The lowest BCUT2D eigenvalue weighted by molar-refractivity contribution is 0.111. The Bertz CT molecular complexity index is 669. The number of carbonyl (C=O) groups is 1. The van der Waals surface area contributed by atoms with Crippen molar-refractivity contribution in [2.45, 2.75) is 6.61 Å². The highest BCUT2D eigenvalue weighted by atomic mass is 16.5. The number of nitrogens with two attached hydrogens (primary N) is 1. The first-order valence-corrected chi connectivity index (χ1v) is 6.33. The standard InChI is InChI=1S/C16H16N2O3/c1-20-13-5-6-16(12(7-13)9-19)21-10-11-3-2-4-15(18)14(11)8-17/h2-9,17H,10,18H2,1H3. The van der Waals surface area contributed by atoms with E-state index in [4.69, 9.17) is 20.6 Å². The summed E-state index contributed by atoms with van der Waals surface area (Å²) in [5.74, 6) is 1.05. The summed E-state index contributed by atoms with van der Waals surface area (Å²) < 4.78 is 10.7. The van der Waals surface area contributed by atoms with Gasteiger partial charge in [0.2, 0.25) is 0 Å². The van der Waals surface area contributed by atoms with Crippen molar-refractivity contribution in [3.8, 4) is 11.5 Å². The van der Waals surface area contributed by atoms with Crippen LogP contribution in [0.5, 0.6) is 11.5 Å². The van der Waals surface area contributed by atoms with Crippen LogP contribution in [0.4, 0.5) is 5.69 Å². The van der Waals surface area contributed by atoms with Gasteiger partial charge in [-0.3, -0.25) is 4.79 Å². The number of aldehydes is 1. The van der Waals surface area contributed by atoms with E-state index in [9.17, 15) is 4.79 Å². The largest absolute Gasteiger partial charge is 0.497 e. The molecule has 0 bridgehead atoms. The molecule has 0 fully saturated rings. The molecule has 0 aliphatic rings. The van der Waals surface area contributed by atoms with Gasteiger partial charge in [0.25, 0.3) is 0 Å². The van der Waals surface area contributed by atoms with Crippen LogP contribution in [0.2, 0.25) is 0 Å². The van der Waals surface area contributed by atoms with Crippen LogP contribution in [0.1, 0.15) is 21.5 Å². The molecule has 0 aliphatic carbocycles. The normalized spacial score (nSPS) is 9.95. The molecule has 0 radical (unpaired) electrons. The quantitative estimate of drug-likeness (QED) is 0.485. The fourth-order valence-electron chi connectivity index (χ4n) is 1.97. The lowest BCUT2D eigenvalue weighted by Gasteiger charge is -2.12. The second-order valence-corrected chi connectivity index (χ2v) is 4.37. The lowest BCUT2D eigenvalue weighted by Crippen LogP contribution is -2.04. The molecule has 0 aliphatic heterocycles. The first-order chi connectivity index (χ1) is 10.2. The summed E-state index contributed by atoms with van der Waals surface area (Å²) in [4.78, 5) is 11.1. The van der Waals surface area contributed by atoms with Crippen LogP contribution < -0.4 is 15.2 Å². The van der Waals surface area contributed by atoms with E-state index in [0.29, 0.717) is 34.6 Å². The molecule has 0 saturated heterocycles. The molecule has 21 heavy (non-hydrogen) atoms. The minimum absolute atomic E-state index is 0.225. The molecule has 2 aromatic rings. The Morgan fingerprint density at radius 3 is 2.76 bits per heavy atom. The second kappa shape index (κ2) is 6.56. The molecular formula is C16H16N2O3. The first kappa shape index (κ1) is 14.6. The van der Waals surface area contributed by atoms with Gasteiger partial charge in [0, 0.05) is 23.0 Å². The second-order valence-electron chi connectivity index (χ2n) is 4.37. The van der Waals surface area contributed by atoms with Crippen LogP contribution in [0.3, 0.4) is 0 Å². The molecule has 0 unspecified atom stereocenters. The zero-order valence-electron chi connectivity index (χ0n) is 11.6. The number of hydrogen-bond donors (Lipinski definition) is 2. The van der Waals surface area contributed by atoms with E-state index in [-0.39, 0.29) is 6.61 Å². The van der Waals surface area contributed by atoms with Crippen molar-refractivity contribution in [2.24, 2.45) is 0 Å². The Morgan fingerprint density at radius 1 is 1.29 bits per heavy atom. The van der Waals surface area contributed by atoms with Gasteiger partial charge in [-0.05, 0) is 24.3 Å². The fraction of sp³-hybridized carbons (Fsp3) is 0.125. The van der Waals surface area contributed by atoms with E-state index in [1.807, 2.05) is 6.07 Å². The Labute approximate surface area is 122 Å². The minimum Gasteiger partial charge on any atom is -0.497 e. The Hall–Kier alpha value is -2.82. The summed E-state index contributed by atoms with van der Waals surface area (Å²) in [5.41, 5.74) is 8.16. The van der Waals surface area contributed by atoms with Crippen molar-refractivity contribution in [1.29, 1.82) is 5.41 Å². The predicted octanol–water partition coefficient (Wildman–Crippen LogP) is 2.67. The van der Waals surface area contributed by atoms with E-state index in [0.717, 1.165) is 5.56 Å².